The molecule has 82 valence electrons. The summed E-state index contributed by atoms with van der Waals surface area (Å²) < 4.78 is 2.64. The van der Waals surface area contributed by atoms with Gasteiger partial charge in [0.25, 0.3) is 0 Å². The van der Waals surface area contributed by atoms with Crippen LogP contribution < -0.4 is 9.26 Å². The molecule has 1 aliphatic rings. The molecule has 1 unspecified atom stereocenters. The minimum absolute atomic E-state index is 0.0160. The van der Waals surface area contributed by atoms with Crippen molar-refractivity contribution in [1.82, 2.24) is 8.43 Å². The second-order valence-corrected chi connectivity index (χ2v) is 4.93. The molecule has 0 spiro atoms. The molecule has 0 aromatic heterocycles. The summed E-state index contributed by atoms with van der Waals surface area (Å²) in [5.74, 6) is 0.0837. The molecule has 0 radical (unpaired) electrons. The van der Waals surface area contributed by atoms with Crippen LogP contribution in [0.1, 0.15) is 20.3 Å². The summed E-state index contributed by atoms with van der Waals surface area (Å²) in [6, 6.07) is -0.0160. The lowest BCUT2D eigenvalue weighted by molar-refractivity contribution is -0.128. The van der Waals surface area contributed by atoms with E-state index in [2.05, 4.69) is 15.4 Å². The van der Waals surface area contributed by atoms with Crippen LogP contribution in [-0.2, 0) is 4.79 Å². The summed E-state index contributed by atoms with van der Waals surface area (Å²) in [5.41, 5.74) is 5.86. The van der Waals surface area contributed by atoms with E-state index in [1.165, 1.54) is 0 Å². The van der Waals surface area contributed by atoms with Gasteiger partial charge in [0.1, 0.15) is 0 Å². The van der Waals surface area contributed by atoms with Crippen molar-refractivity contribution in [2.24, 2.45) is 11.1 Å². The molecule has 1 saturated heterocycles. The molecule has 0 aromatic rings. The van der Waals surface area contributed by atoms with Crippen molar-refractivity contribution in [2.75, 3.05) is 19.6 Å². The normalized spacial score (nSPS) is 22.6. The van der Waals surface area contributed by atoms with Gasteiger partial charge < -0.3 is 5.73 Å². The number of nitrogens with two attached hydrogens (primary N) is 1. The highest BCUT2D eigenvalue weighted by atomic mass is 127. The lowest BCUT2D eigenvalue weighted by atomic mass is 9.78. The number of nitrogens with one attached hydrogen (secondary N) is 1. The van der Waals surface area contributed by atoms with Gasteiger partial charge in [-0.15, -0.1) is 0 Å². The van der Waals surface area contributed by atoms with Crippen LogP contribution in [0.3, 0.4) is 0 Å². The number of amides is 1. The Morgan fingerprint density at radius 2 is 2.29 bits per heavy atom. The van der Waals surface area contributed by atoms with Crippen molar-refractivity contribution in [3.63, 3.8) is 0 Å². The lowest BCUT2D eigenvalue weighted by Crippen LogP contribution is -2.60. The molecule has 1 atom stereocenters. The second-order valence-electron chi connectivity index (χ2n) is 4.39. The van der Waals surface area contributed by atoms with Crippen LogP contribution >= 0.6 is 22.9 Å². The number of hydrogen-bond acceptors (Lipinski definition) is 3. The fraction of sp³-hybridized carbons (Fsp3) is 0.889. The predicted molar refractivity (Wildman–Crippen MR) is 65.0 cm³/mol. The summed E-state index contributed by atoms with van der Waals surface area (Å²) >= 11 is 1.88. The van der Waals surface area contributed by atoms with Gasteiger partial charge in [-0.1, -0.05) is 6.92 Å². The molecular weight excluding hydrogens is 293 g/mol. The number of nitrogens with zero attached hydrogens (tertiary/aromatic N) is 1. The van der Waals surface area contributed by atoms with Gasteiger partial charge in [0.15, 0.2) is 0 Å². The van der Waals surface area contributed by atoms with E-state index in [1.54, 1.807) is 0 Å². The van der Waals surface area contributed by atoms with E-state index in [-0.39, 0.29) is 11.9 Å². The third-order valence-electron chi connectivity index (χ3n) is 2.94. The van der Waals surface area contributed by atoms with E-state index in [1.807, 2.05) is 29.8 Å². The smallest absolute Gasteiger partial charge is 0.245 e. The molecule has 1 rings (SSSR count). The van der Waals surface area contributed by atoms with Crippen molar-refractivity contribution < 1.29 is 4.79 Å². The SMILES string of the molecule is CC(C(=O)NI)N1CC(C)(CCN)C1. The molecular formula is C9H18IN3O. The highest BCUT2D eigenvalue weighted by Crippen LogP contribution is 2.34. The maximum Gasteiger partial charge on any atom is 0.245 e. The lowest BCUT2D eigenvalue weighted by Gasteiger charge is -2.50. The van der Waals surface area contributed by atoms with Crippen LogP contribution in [0.25, 0.3) is 0 Å². The molecule has 0 bridgehead atoms. The Balaban J connectivity index is 2.36. The number of carbonyl (C=O) groups is 1. The highest BCUT2D eigenvalue weighted by Gasteiger charge is 2.41. The average molecular weight is 311 g/mol. The first-order chi connectivity index (χ1) is 6.52. The zero-order chi connectivity index (χ0) is 10.8. The third-order valence-corrected chi connectivity index (χ3v) is 3.47. The van der Waals surface area contributed by atoms with Crippen molar-refractivity contribution in [2.45, 2.75) is 26.3 Å². The van der Waals surface area contributed by atoms with Crippen molar-refractivity contribution in [3.8, 4) is 0 Å². The van der Waals surface area contributed by atoms with Crippen LogP contribution in [-0.4, -0.2) is 36.5 Å². The standard InChI is InChI=1S/C9H18IN3O/c1-7(8(14)12-10)13-5-9(2,6-13)3-4-11/h7H,3-6,11H2,1-2H3,(H,12,14). The van der Waals surface area contributed by atoms with Gasteiger partial charge in [0, 0.05) is 13.1 Å². The van der Waals surface area contributed by atoms with Crippen LogP contribution in [0.15, 0.2) is 0 Å². The van der Waals surface area contributed by atoms with Gasteiger partial charge in [-0.3, -0.25) is 13.2 Å². The molecule has 1 amide bonds. The maximum atomic E-state index is 11.3. The number of hydrogen-bond donors (Lipinski definition) is 2. The van der Waals surface area contributed by atoms with Crippen molar-refractivity contribution in [3.05, 3.63) is 0 Å². The Kier molecular flexibility index (Phi) is 4.15. The van der Waals surface area contributed by atoms with E-state index in [9.17, 15) is 4.79 Å². The molecule has 0 aromatic carbocycles. The Morgan fingerprint density at radius 1 is 1.71 bits per heavy atom. The van der Waals surface area contributed by atoms with E-state index in [4.69, 9.17) is 5.73 Å². The quantitative estimate of drug-likeness (QED) is 0.588. The first-order valence-electron chi connectivity index (χ1n) is 4.87. The first kappa shape index (κ1) is 12.2. The zero-order valence-electron chi connectivity index (χ0n) is 8.72. The van der Waals surface area contributed by atoms with E-state index >= 15 is 0 Å². The van der Waals surface area contributed by atoms with Crippen LogP contribution in [0.2, 0.25) is 0 Å². The summed E-state index contributed by atoms with van der Waals surface area (Å²) in [4.78, 5) is 13.5. The Labute approximate surface area is 99.1 Å². The fourth-order valence-electron chi connectivity index (χ4n) is 1.96. The fourth-order valence-corrected chi connectivity index (χ4v) is 2.41. The topological polar surface area (TPSA) is 58.4 Å². The number of carbonyl (C=O) groups excluding carboxylic acids is 1. The minimum atomic E-state index is -0.0160. The molecule has 1 aliphatic heterocycles. The van der Waals surface area contributed by atoms with Gasteiger partial charge >= 0.3 is 0 Å². The highest BCUT2D eigenvalue weighted by molar-refractivity contribution is 14.1. The molecule has 14 heavy (non-hydrogen) atoms. The first-order valence-corrected chi connectivity index (χ1v) is 5.95. The van der Waals surface area contributed by atoms with Crippen molar-refractivity contribution >= 4 is 28.8 Å². The average Bonchev–Trinajstić information content (AvgIpc) is 2.12. The van der Waals surface area contributed by atoms with Gasteiger partial charge in [0.05, 0.1) is 28.9 Å². The second kappa shape index (κ2) is 4.76. The van der Waals surface area contributed by atoms with Gasteiger partial charge in [-0.2, -0.15) is 0 Å². The summed E-state index contributed by atoms with van der Waals surface area (Å²) in [5, 5.41) is 0. The number of halogens is 1. The summed E-state index contributed by atoms with van der Waals surface area (Å²) in [7, 11) is 0. The molecule has 0 aliphatic carbocycles. The molecule has 0 saturated carbocycles. The van der Waals surface area contributed by atoms with E-state index < -0.39 is 0 Å². The van der Waals surface area contributed by atoms with Gasteiger partial charge in [-0.25, -0.2) is 0 Å². The molecule has 4 nitrogen and oxygen atoms in total. The molecule has 1 fully saturated rings. The van der Waals surface area contributed by atoms with Gasteiger partial charge in [0.2, 0.25) is 5.91 Å². The monoisotopic (exact) mass is 311 g/mol. The zero-order valence-corrected chi connectivity index (χ0v) is 10.9. The maximum absolute atomic E-state index is 11.3. The summed E-state index contributed by atoms with van der Waals surface area (Å²) in [6.45, 7) is 6.86. The molecule has 5 heteroatoms. The summed E-state index contributed by atoms with van der Waals surface area (Å²) in [6.07, 6.45) is 1.04. The number of rotatable bonds is 4. The van der Waals surface area contributed by atoms with Gasteiger partial charge in [-0.05, 0) is 25.3 Å². The van der Waals surface area contributed by atoms with E-state index in [0.29, 0.717) is 5.41 Å². The van der Waals surface area contributed by atoms with Crippen LogP contribution in [0.4, 0.5) is 0 Å². The largest absolute Gasteiger partial charge is 0.330 e. The predicted octanol–water partition coefficient (Wildman–Crippen LogP) is 0.512. The molecule has 1 heterocycles. The Hall–Kier alpha value is 0.120. The Bertz CT molecular complexity index is 216. The third kappa shape index (κ3) is 2.58. The van der Waals surface area contributed by atoms with Crippen LogP contribution in [0.5, 0.6) is 0 Å². The minimum Gasteiger partial charge on any atom is -0.330 e. The van der Waals surface area contributed by atoms with Crippen molar-refractivity contribution in [1.29, 1.82) is 0 Å². The Morgan fingerprint density at radius 3 is 2.71 bits per heavy atom. The molecule has 3 N–H and O–H groups in total. The number of likely N-dealkylation sites (tertiary alicyclic amines) is 1. The van der Waals surface area contributed by atoms with E-state index in [0.717, 1.165) is 26.1 Å². The van der Waals surface area contributed by atoms with Crippen LogP contribution in [0, 0.1) is 5.41 Å².